The fourth-order valence-corrected chi connectivity index (χ4v) is 4.20. The molecule has 1 aromatic heterocycles. The molecule has 2 heterocycles. The number of nitrogens with zero attached hydrogens (tertiary/aromatic N) is 2. The van der Waals surface area contributed by atoms with Crippen LogP contribution in [0.25, 0.3) is 0 Å². The molecule has 18 heavy (non-hydrogen) atoms. The van der Waals surface area contributed by atoms with Gasteiger partial charge in [-0.05, 0) is 0 Å². The summed E-state index contributed by atoms with van der Waals surface area (Å²) in [4.78, 5) is 7.25. The second-order valence-electron chi connectivity index (χ2n) is 5.95. The summed E-state index contributed by atoms with van der Waals surface area (Å²) in [6.45, 7) is 11.6. The van der Waals surface area contributed by atoms with E-state index >= 15 is 0 Å². The van der Waals surface area contributed by atoms with Crippen molar-refractivity contribution in [3.8, 4) is 0 Å². The standard InChI is InChI=1S/C14H24N2OSe/c1-11-12(10-17-14(2,3)4)18-13(15-11)16-8-6-5-7-9-16/h5-10H2,1-4H3. The topological polar surface area (TPSA) is 25.4 Å². The SMILES string of the molecule is Cc1nc(N2CCCCC2)[se]c1COC(C)(C)C. The van der Waals surface area contributed by atoms with Crippen LogP contribution in [0.3, 0.4) is 0 Å². The molecule has 1 saturated heterocycles. The predicted molar refractivity (Wildman–Crippen MR) is 76.5 cm³/mol. The number of ether oxygens (including phenoxy) is 1. The van der Waals surface area contributed by atoms with E-state index < -0.39 is 0 Å². The summed E-state index contributed by atoms with van der Waals surface area (Å²) in [5, 5.41) is 0. The van der Waals surface area contributed by atoms with Crippen LogP contribution in [0.1, 0.15) is 50.2 Å². The van der Waals surface area contributed by atoms with Gasteiger partial charge in [0.25, 0.3) is 0 Å². The van der Waals surface area contributed by atoms with E-state index in [0.29, 0.717) is 14.5 Å². The second kappa shape index (κ2) is 5.77. The van der Waals surface area contributed by atoms with Crippen molar-refractivity contribution in [3.63, 3.8) is 0 Å². The van der Waals surface area contributed by atoms with Gasteiger partial charge in [-0.25, -0.2) is 0 Å². The first-order valence-electron chi connectivity index (χ1n) is 6.81. The molecule has 4 heteroatoms. The Balaban J connectivity index is 2.02. The molecule has 0 bridgehead atoms. The third kappa shape index (κ3) is 3.84. The van der Waals surface area contributed by atoms with Crippen molar-refractivity contribution in [1.29, 1.82) is 0 Å². The summed E-state index contributed by atoms with van der Waals surface area (Å²) in [6, 6.07) is 0. The minimum atomic E-state index is -0.0583. The zero-order valence-electron chi connectivity index (χ0n) is 12.0. The average Bonchev–Trinajstić information content (AvgIpc) is 2.68. The molecule has 0 radical (unpaired) electrons. The van der Waals surface area contributed by atoms with Crippen LogP contribution in [-0.4, -0.2) is 38.2 Å². The zero-order valence-corrected chi connectivity index (χ0v) is 13.7. The van der Waals surface area contributed by atoms with E-state index in [4.69, 9.17) is 9.72 Å². The number of aromatic nitrogens is 1. The van der Waals surface area contributed by atoms with Gasteiger partial charge >= 0.3 is 116 Å². The first-order valence-corrected chi connectivity index (χ1v) is 8.52. The molecule has 102 valence electrons. The average molecular weight is 315 g/mol. The summed E-state index contributed by atoms with van der Waals surface area (Å²) in [7, 11) is 0. The molecule has 0 amide bonds. The van der Waals surface area contributed by atoms with Crippen LogP contribution in [0.15, 0.2) is 0 Å². The van der Waals surface area contributed by atoms with Gasteiger partial charge in [-0.15, -0.1) is 0 Å². The van der Waals surface area contributed by atoms with Gasteiger partial charge in [-0.1, -0.05) is 0 Å². The van der Waals surface area contributed by atoms with Gasteiger partial charge in [0.2, 0.25) is 0 Å². The Hall–Kier alpha value is -0.311. The second-order valence-corrected chi connectivity index (χ2v) is 8.18. The maximum absolute atomic E-state index is 5.89. The molecule has 0 spiro atoms. The molecule has 1 aliphatic rings. The normalized spacial score (nSPS) is 17.2. The zero-order chi connectivity index (χ0) is 13.2. The van der Waals surface area contributed by atoms with Crippen LogP contribution < -0.4 is 4.90 Å². The van der Waals surface area contributed by atoms with Crippen molar-refractivity contribution in [2.24, 2.45) is 0 Å². The fourth-order valence-electron chi connectivity index (χ4n) is 2.05. The molecular weight excluding hydrogens is 291 g/mol. The quantitative estimate of drug-likeness (QED) is 0.802. The van der Waals surface area contributed by atoms with E-state index in [1.54, 1.807) is 0 Å². The van der Waals surface area contributed by atoms with Gasteiger partial charge in [0.15, 0.2) is 0 Å². The molecule has 0 N–H and O–H groups in total. The van der Waals surface area contributed by atoms with Crippen molar-refractivity contribution in [1.82, 2.24) is 4.98 Å². The van der Waals surface area contributed by atoms with Crippen molar-refractivity contribution < 1.29 is 4.74 Å². The monoisotopic (exact) mass is 316 g/mol. The summed E-state index contributed by atoms with van der Waals surface area (Å²) >= 11 is 0.382. The van der Waals surface area contributed by atoms with E-state index in [1.807, 2.05) is 0 Å². The van der Waals surface area contributed by atoms with Crippen LogP contribution in [0.4, 0.5) is 4.69 Å². The summed E-state index contributed by atoms with van der Waals surface area (Å²) in [5.41, 5.74) is 1.14. The Bertz CT molecular complexity index is 389. The van der Waals surface area contributed by atoms with Crippen LogP contribution in [0.5, 0.6) is 0 Å². The third-order valence-electron chi connectivity index (χ3n) is 3.14. The maximum atomic E-state index is 5.89. The Labute approximate surface area is 116 Å². The number of rotatable bonds is 3. The molecule has 1 fully saturated rings. The van der Waals surface area contributed by atoms with E-state index in [1.165, 1.54) is 47.2 Å². The van der Waals surface area contributed by atoms with Crippen LogP contribution >= 0.6 is 0 Å². The molecule has 0 aromatic carbocycles. The third-order valence-corrected chi connectivity index (χ3v) is 5.64. The van der Waals surface area contributed by atoms with Gasteiger partial charge in [-0.3, -0.25) is 0 Å². The van der Waals surface area contributed by atoms with Gasteiger partial charge in [-0.2, -0.15) is 0 Å². The number of hydrogen-bond acceptors (Lipinski definition) is 3. The Morgan fingerprint density at radius 3 is 2.50 bits per heavy atom. The van der Waals surface area contributed by atoms with Gasteiger partial charge in [0, 0.05) is 0 Å². The summed E-state index contributed by atoms with van der Waals surface area (Å²) in [5.74, 6) is 0. The van der Waals surface area contributed by atoms with E-state index in [0.717, 1.165) is 6.61 Å². The number of hydrogen-bond donors (Lipinski definition) is 0. The van der Waals surface area contributed by atoms with Crippen LogP contribution in [0.2, 0.25) is 0 Å². The van der Waals surface area contributed by atoms with Crippen molar-refractivity contribution >= 4 is 19.2 Å². The van der Waals surface area contributed by atoms with Crippen molar-refractivity contribution in [3.05, 3.63) is 10.1 Å². The fraction of sp³-hybridized carbons (Fsp3) is 0.786. The molecule has 1 aliphatic heterocycles. The van der Waals surface area contributed by atoms with E-state index in [-0.39, 0.29) is 5.60 Å². The van der Waals surface area contributed by atoms with Crippen LogP contribution in [0, 0.1) is 6.92 Å². The first kappa shape index (κ1) is 14.1. The molecule has 1 aromatic rings. The first-order chi connectivity index (χ1) is 8.46. The summed E-state index contributed by atoms with van der Waals surface area (Å²) in [6.07, 6.45) is 4.02. The number of aryl methyl sites for hydroxylation is 1. The van der Waals surface area contributed by atoms with Gasteiger partial charge in [0.05, 0.1) is 0 Å². The molecular formula is C14H24N2OSe. The molecule has 0 atom stereocenters. The Morgan fingerprint density at radius 1 is 1.22 bits per heavy atom. The molecule has 3 nitrogen and oxygen atoms in total. The summed E-state index contributed by atoms with van der Waals surface area (Å²) < 4.78 is 8.63. The van der Waals surface area contributed by atoms with E-state index in [2.05, 4.69) is 32.6 Å². The molecule has 0 saturated carbocycles. The Morgan fingerprint density at radius 2 is 1.89 bits per heavy atom. The van der Waals surface area contributed by atoms with Crippen molar-refractivity contribution in [2.75, 3.05) is 18.0 Å². The Kier molecular flexibility index (Phi) is 4.52. The number of anilines is 1. The molecule has 0 unspecified atom stereocenters. The van der Waals surface area contributed by atoms with Crippen molar-refractivity contribution in [2.45, 2.75) is 59.2 Å². The van der Waals surface area contributed by atoms with Gasteiger partial charge < -0.3 is 0 Å². The van der Waals surface area contributed by atoms with Crippen LogP contribution in [-0.2, 0) is 11.3 Å². The van der Waals surface area contributed by atoms with E-state index in [9.17, 15) is 0 Å². The minimum absolute atomic E-state index is 0.0583. The number of piperidine rings is 1. The predicted octanol–water partition coefficient (Wildman–Crippen LogP) is 2.75. The molecule has 0 aliphatic carbocycles. The molecule has 2 rings (SSSR count). The van der Waals surface area contributed by atoms with Gasteiger partial charge in [0.1, 0.15) is 0 Å².